The largest absolute Gasteiger partial charge is 0.455 e. The Morgan fingerprint density at radius 1 is 0.443 bits per heavy atom. The van der Waals surface area contributed by atoms with Gasteiger partial charge in [-0.1, -0.05) is 123 Å². The van der Waals surface area contributed by atoms with Crippen LogP contribution in [0.3, 0.4) is 0 Å². The van der Waals surface area contributed by atoms with Gasteiger partial charge in [0.15, 0.2) is 5.16 Å². The van der Waals surface area contributed by atoms with E-state index in [2.05, 4.69) is 170 Å². The molecule has 5 nitrogen and oxygen atoms in total. The zero-order chi connectivity index (χ0) is 40.4. The molecular formula is C55H35N3O2S. The number of aromatic nitrogens is 3. The summed E-state index contributed by atoms with van der Waals surface area (Å²) in [6.45, 7) is 4.69. The lowest BCUT2D eigenvalue weighted by Gasteiger charge is -2.21. The Bertz CT molecular complexity index is 3660. The predicted molar refractivity (Wildman–Crippen MR) is 250 cm³/mol. The maximum absolute atomic E-state index is 6.55. The maximum atomic E-state index is 6.55. The number of hydrogen-bond donors (Lipinski definition) is 0. The molecule has 0 aliphatic heterocycles. The lowest BCUT2D eigenvalue weighted by Crippen LogP contribution is -2.14. The van der Waals surface area contributed by atoms with Crippen LogP contribution in [-0.2, 0) is 5.41 Å². The molecular weight excluding hydrogens is 767 g/mol. The van der Waals surface area contributed by atoms with Crippen molar-refractivity contribution in [1.29, 1.82) is 0 Å². The van der Waals surface area contributed by atoms with Gasteiger partial charge in [-0.05, 0) is 101 Å². The molecule has 0 atom stereocenters. The Morgan fingerprint density at radius 2 is 1.02 bits per heavy atom. The molecule has 0 unspecified atom stereocenters. The van der Waals surface area contributed by atoms with Crippen molar-refractivity contribution in [2.45, 2.75) is 29.3 Å². The van der Waals surface area contributed by atoms with Crippen molar-refractivity contribution in [2.75, 3.05) is 0 Å². The third-order valence-electron chi connectivity index (χ3n) is 12.7. The molecule has 4 aromatic heterocycles. The van der Waals surface area contributed by atoms with E-state index in [1.165, 1.54) is 44.1 Å². The molecule has 0 saturated carbocycles. The second kappa shape index (κ2) is 12.8. The second-order valence-electron chi connectivity index (χ2n) is 16.5. The summed E-state index contributed by atoms with van der Waals surface area (Å²) in [5.41, 5.74) is 15.4. The minimum atomic E-state index is -0.113. The first kappa shape index (κ1) is 34.5. The molecule has 1 aliphatic rings. The van der Waals surface area contributed by atoms with Crippen LogP contribution in [0.5, 0.6) is 0 Å². The van der Waals surface area contributed by atoms with Crippen LogP contribution in [0.2, 0.25) is 0 Å². The Balaban J connectivity index is 0.984. The van der Waals surface area contributed by atoms with Crippen LogP contribution in [-0.4, -0.2) is 14.5 Å². The summed E-state index contributed by atoms with van der Waals surface area (Å²) in [5, 5.41) is 7.38. The van der Waals surface area contributed by atoms with Crippen LogP contribution in [0.1, 0.15) is 25.0 Å². The molecule has 12 aromatic rings. The van der Waals surface area contributed by atoms with Gasteiger partial charge in [-0.15, -0.1) is 0 Å². The van der Waals surface area contributed by atoms with E-state index in [4.69, 9.17) is 18.8 Å². The van der Waals surface area contributed by atoms with Gasteiger partial charge in [0.2, 0.25) is 0 Å². The van der Waals surface area contributed by atoms with Crippen LogP contribution in [0, 0.1) is 0 Å². The summed E-state index contributed by atoms with van der Waals surface area (Å²) in [4.78, 5) is 11.6. The lowest BCUT2D eigenvalue weighted by molar-refractivity contribution is 0.661. The van der Waals surface area contributed by atoms with Gasteiger partial charge >= 0.3 is 0 Å². The SMILES string of the molecule is CC1(C)c2ccccc2-c2cc3c4ccccc4n(-c4cccc(Sc5nc(-c6cccc7c6oc6ccccc67)cc(-c6cccc7c6oc6ccccc67)n5)c4)c3cc21. The third-order valence-corrected chi connectivity index (χ3v) is 13.6. The molecule has 0 amide bonds. The molecule has 13 rings (SSSR count). The van der Waals surface area contributed by atoms with Crippen molar-refractivity contribution in [1.82, 2.24) is 14.5 Å². The van der Waals surface area contributed by atoms with Crippen molar-refractivity contribution >= 4 is 77.4 Å². The van der Waals surface area contributed by atoms with E-state index in [1.807, 2.05) is 24.3 Å². The molecule has 0 spiro atoms. The van der Waals surface area contributed by atoms with Gasteiger partial charge in [0, 0.05) is 59.4 Å². The fourth-order valence-electron chi connectivity index (χ4n) is 9.88. The lowest BCUT2D eigenvalue weighted by atomic mass is 9.82. The number of benzene rings is 8. The van der Waals surface area contributed by atoms with E-state index in [9.17, 15) is 0 Å². The molecule has 0 radical (unpaired) electrons. The second-order valence-corrected chi connectivity index (χ2v) is 17.6. The van der Waals surface area contributed by atoms with E-state index in [0.717, 1.165) is 77.0 Å². The number of fused-ring (bicyclic) bond motifs is 12. The van der Waals surface area contributed by atoms with Crippen LogP contribution in [0.25, 0.3) is 105 Å². The van der Waals surface area contributed by atoms with Crippen LogP contribution in [0.4, 0.5) is 0 Å². The first-order chi connectivity index (χ1) is 30.0. The van der Waals surface area contributed by atoms with E-state index in [-0.39, 0.29) is 5.41 Å². The van der Waals surface area contributed by atoms with Gasteiger partial charge in [0.05, 0.1) is 22.4 Å². The highest BCUT2D eigenvalue weighted by molar-refractivity contribution is 7.99. The molecule has 6 heteroatoms. The van der Waals surface area contributed by atoms with Crippen molar-refractivity contribution in [3.63, 3.8) is 0 Å². The Kier molecular flexibility index (Phi) is 7.23. The smallest absolute Gasteiger partial charge is 0.193 e. The van der Waals surface area contributed by atoms with Crippen LogP contribution in [0.15, 0.2) is 195 Å². The molecule has 1 aliphatic carbocycles. The number of para-hydroxylation sites is 5. The van der Waals surface area contributed by atoms with E-state index in [0.29, 0.717) is 5.16 Å². The summed E-state index contributed by atoms with van der Waals surface area (Å²) in [6.07, 6.45) is 0. The molecule has 8 aromatic carbocycles. The molecule has 0 bridgehead atoms. The van der Waals surface area contributed by atoms with Crippen molar-refractivity contribution < 1.29 is 8.83 Å². The van der Waals surface area contributed by atoms with Gasteiger partial charge in [-0.2, -0.15) is 0 Å². The van der Waals surface area contributed by atoms with Gasteiger partial charge in [0.1, 0.15) is 22.3 Å². The topological polar surface area (TPSA) is 57.0 Å². The average Bonchev–Trinajstić information content (AvgIpc) is 4.02. The minimum absolute atomic E-state index is 0.113. The average molecular weight is 802 g/mol. The number of nitrogens with zero attached hydrogens (tertiary/aromatic N) is 3. The van der Waals surface area contributed by atoms with E-state index in [1.54, 1.807) is 11.8 Å². The van der Waals surface area contributed by atoms with Gasteiger partial charge < -0.3 is 13.4 Å². The maximum Gasteiger partial charge on any atom is 0.193 e. The van der Waals surface area contributed by atoms with Crippen molar-refractivity contribution in [2.24, 2.45) is 0 Å². The molecule has 0 saturated heterocycles. The fraction of sp³-hybridized carbons (Fsp3) is 0.0545. The summed E-state index contributed by atoms with van der Waals surface area (Å²) in [7, 11) is 0. The summed E-state index contributed by atoms with van der Waals surface area (Å²) in [6, 6.07) is 62.2. The van der Waals surface area contributed by atoms with E-state index < -0.39 is 0 Å². The third kappa shape index (κ3) is 5.09. The first-order valence-electron chi connectivity index (χ1n) is 20.6. The van der Waals surface area contributed by atoms with Gasteiger partial charge in [-0.3, -0.25) is 0 Å². The normalized spacial score (nSPS) is 13.3. The number of hydrogen-bond acceptors (Lipinski definition) is 5. The minimum Gasteiger partial charge on any atom is -0.455 e. The monoisotopic (exact) mass is 801 g/mol. The highest BCUT2D eigenvalue weighted by atomic mass is 32.2. The van der Waals surface area contributed by atoms with Gasteiger partial charge in [-0.25, -0.2) is 9.97 Å². The molecule has 0 N–H and O–H groups in total. The van der Waals surface area contributed by atoms with Crippen molar-refractivity contribution in [3.05, 3.63) is 187 Å². The van der Waals surface area contributed by atoms with Crippen LogP contribution >= 0.6 is 11.8 Å². The highest BCUT2D eigenvalue weighted by Crippen LogP contribution is 2.51. The zero-order valence-electron chi connectivity index (χ0n) is 33.3. The molecule has 4 heterocycles. The molecule has 0 fully saturated rings. The quantitative estimate of drug-likeness (QED) is 0.162. The Labute approximate surface area is 354 Å². The standard InChI is InChI=1S/C55H35N3O2S/c1-55(2)44-24-7-3-16-34(44)42-29-43-35-17-4-8-25-48(35)58(49(43)30-45(42)55)32-14-11-15-33(28-32)61-54-56-46(40-22-12-20-38-36-18-5-9-26-50(36)59-52(38)40)31-47(57-54)41-23-13-21-39-37-19-6-10-27-51(37)60-53(39)41/h3-31H,1-2H3. The van der Waals surface area contributed by atoms with Crippen LogP contribution < -0.4 is 0 Å². The summed E-state index contributed by atoms with van der Waals surface area (Å²) < 4.78 is 15.5. The summed E-state index contributed by atoms with van der Waals surface area (Å²) >= 11 is 1.56. The summed E-state index contributed by atoms with van der Waals surface area (Å²) in [5.74, 6) is 0. The predicted octanol–water partition coefficient (Wildman–Crippen LogP) is 15.2. The molecule has 61 heavy (non-hydrogen) atoms. The van der Waals surface area contributed by atoms with E-state index >= 15 is 0 Å². The Morgan fingerprint density at radius 3 is 1.72 bits per heavy atom. The van der Waals surface area contributed by atoms with Gasteiger partial charge in [0.25, 0.3) is 0 Å². The fourth-order valence-corrected chi connectivity index (χ4v) is 10.7. The number of furan rings is 2. The highest BCUT2D eigenvalue weighted by Gasteiger charge is 2.36. The first-order valence-corrected chi connectivity index (χ1v) is 21.5. The zero-order valence-corrected chi connectivity index (χ0v) is 34.1. The van der Waals surface area contributed by atoms with Crippen molar-refractivity contribution in [3.8, 4) is 39.3 Å². The molecule has 288 valence electrons. The number of rotatable bonds is 5. The Hall–Kier alpha value is -7.41.